The molecule has 67 heavy (non-hydrogen) atoms. The Morgan fingerprint density at radius 3 is 0.970 bits per heavy atom. The lowest BCUT2D eigenvalue weighted by Crippen LogP contribution is -2.30. The standard InChI is InChI=1S/C61H102O6/c1-4-7-10-13-16-19-22-25-27-29-31-33-34-36-39-42-45-48-51-54-60(63)66-57-58(56-65-59(62)53-50-47-44-41-38-24-21-18-15-12-9-6-3)67-61(64)55-52-49-46-43-40-37-35-32-30-28-26-23-20-17-14-11-8-5-2/h7,10,16,18-21,23,25,27-28,30-31,33,36,39,58H,4-6,8-9,11-15,17,22,24,26,29,32,34-35,37-38,40-57H2,1-3H3/b10-7-,19-16-,21-18-,23-20-,27-25-,30-28-,33-31-,39-36-. The molecule has 0 N–H and O–H groups in total. The summed E-state index contributed by atoms with van der Waals surface area (Å²) in [6, 6.07) is 0. The summed E-state index contributed by atoms with van der Waals surface area (Å²) in [7, 11) is 0. The Labute approximate surface area is 413 Å². The summed E-state index contributed by atoms with van der Waals surface area (Å²) in [5.41, 5.74) is 0. The van der Waals surface area contributed by atoms with E-state index in [1.54, 1.807) is 0 Å². The smallest absolute Gasteiger partial charge is 0.306 e. The van der Waals surface area contributed by atoms with Crippen molar-refractivity contribution in [2.75, 3.05) is 13.2 Å². The molecule has 382 valence electrons. The van der Waals surface area contributed by atoms with Crippen molar-refractivity contribution < 1.29 is 28.6 Å². The molecular formula is C61H102O6. The van der Waals surface area contributed by atoms with Gasteiger partial charge in [-0.25, -0.2) is 0 Å². The molecule has 6 heteroatoms. The van der Waals surface area contributed by atoms with Crippen LogP contribution >= 0.6 is 0 Å². The topological polar surface area (TPSA) is 78.9 Å². The van der Waals surface area contributed by atoms with E-state index >= 15 is 0 Å². The Balaban J connectivity index is 4.46. The van der Waals surface area contributed by atoms with Crippen molar-refractivity contribution in [3.63, 3.8) is 0 Å². The minimum Gasteiger partial charge on any atom is -0.462 e. The second-order valence-corrected chi connectivity index (χ2v) is 18.1. The van der Waals surface area contributed by atoms with Crippen molar-refractivity contribution in [2.45, 2.75) is 258 Å². The SMILES string of the molecule is CC/C=C\C/C=C\C/C=C\C/C=C\C/C=C\CCCCCC(=O)OCC(COC(=O)CCCCCCC/C=C\CCCCC)OC(=O)CCCCCCCCC/C=C\C/C=C\CCCCCC. The molecule has 6 nitrogen and oxygen atoms in total. The number of rotatable bonds is 49. The highest BCUT2D eigenvalue weighted by atomic mass is 16.6. The molecule has 0 amide bonds. The van der Waals surface area contributed by atoms with E-state index in [2.05, 4.69) is 118 Å². The molecule has 0 aliphatic rings. The molecule has 1 atom stereocenters. The van der Waals surface area contributed by atoms with Gasteiger partial charge in [-0.2, -0.15) is 0 Å². The fourth-order valence-electron chi connectivity index (χ4n) is 7.37. The number of esters is 3. The summed E-state index contributed by atoms with van der Waals surface area (Å²) >= 11 is 0. The lowest BCUT2D eigenvalue weighted by atomic mass is 10.1. The molecule has 0 aromatic rings. The maximum absolute atomic E-state index is 12.8. The van der Waals surface area contributed by atoms with Gasteiger partial charge in [0.25, 0.3) is 0 Å². The van der Waals surface area contributed by atoms with Crippen LogP contribution in [-0.4, -0.2) is 37.2 Å². The largest absolute Gasteiger partial charge is 0.462 e. The number of hydrogen-bond donors (Lipinski definition) is 0. The van der Waals surface area contributed by atoms with Gasteiger partial charge >= 0.3 is 17.9 Å². The van der Waals surface area contributed by atoms with Crippen LogP contribution in [0.15, 0.2) is 97.2 Å². The van der Waals surface area contributed by atoms with Crippen LogP contribution in [0, 0.1) is 0 Å². The van der Waals surface area contributed by atoms with E-state index in [-0.39, 0.29) is 31.1 Å². The molecule has 0 heterocycles. The fraction of sp³-hybridized carbons (Fsp3) is 0.689. The first-order valence-corrected chi connectivity index (χ1v) is 27.7. The van der Waals surface area contributed by atoms with Crippen LogP contribution in [0.25, 0.3) is 0 Å². The first-order chi connectivity index (χ1) is 33.0. The summed E-state index contributed by atoms with van der Waals surface area (Å²) < 4.78 is 16.8. The number of unbranched alkanes of at least 4 members (excludes halogenated alkanes) is 22. The zero-order chi connectivity index (χ0) is 48.6. The van der Waals surface area contributed by atoms with Gasteiger partial charge in [0, 0.05) is 19.3 Å². The monoisotopic (exact) mass is 931 g/mol. The Morgan fingerprint density at radius 1 is 0.313 bits per heavy atom. The summed E-state index contributed by atoms with van der Waals surface area (Å²) in [5.74, 6) is -0.946. The van der Waals surface area contributed by atoms with E-state index in [0.717, 1.165) is 122 Å². The van der Waals surface area contributed by atoms with Gasteiger partial charge in [0.15, 0.2) is 6.10 Å². The number of carbonyl (C=O) groups is 3. The van der Waals surface area contributed by atoms with Gasteiger partial charge in [0.1, 0.15) is 13.2 Å². The predicted molar refractivity (Wildman–Crippen MR) is 288 cm³/mol. The van der Waals surface area contributed by atoms with Gasteiger partial charge in [-0.05, 0) is 122 Å². The Bertz CT molecular complexity index is 1350. The second kappa shape index (κ2) is 54.9. The van der Waals surface area contributed by atoms with Gasteiger partial charge in [-0.3, -0.25) is 14.4 Å². The highest BCUT2D eigenvalue weighted by Crippen LogP contribution is 2.14. The van der Waals surface area contributed by atoms with E-state index in [1.165, 1.54) is 89.9 Å². The van der Waals surface area contributed by atoms with Crippen molar-refractivity contribution in [3.05, 3.63) is 97.2 Å². The molecular weight excluding hydrogens is 829 g/mol. The summed E-state index contributed by atoms with van der Waals surface area (Å²) in [6.07, 6.45) is 72.5. The van der Waals surface area contributed by atoms with Crippen molar-refractivity contribution in [1.29, 1.82) is 0 Å². The number of ether oxygens (including phenoxy) is 3. The van der Waals surface area contributed by atoms with Crippen LogP contribution in [0.3, 0.4) is 0 Å². The second-order valence-electron chi connectivity index (χ2n) is 18.1. The van der Waals surface area contributed by atoms with Crippen LogP contribution in [0.4, 0.5) is 0 Å². The number of allylic oxidation sites excluding steroid dienone is 16. The third-order valence-corrected chi connectivity index (χ3v) is 11.5. The van der Waals surface area contributed by atoms with Crippen LogP contribution in [0.2, 0.25) is 0 Å². The third kappa shape index (κ3) is 53.2. The minimum absolute atomic E-state index is 0.0965. The zero-order valence-electron chi connectivity index (χ0n) is 43.6. The molecule has 0 aliphatic heterocycles. The van der Waals surface area contributed by atoms with E-state index in [0.29, 0.717) is 19.3 Å². The van der Waals surface area contributed by atoms with Crippen LogP contribution in [-0.2, 0) is 28.6 Å². The normalized spacial score (nSPS) is 12.8. The molecule has 0 aliphatic carbocycles. The maximum atomic E-state index is 12.8. The summed E-state index contributed by atoms with van der Waals surface area (Å²) in [4.78, 5) is 38.1. The van der Waals surface area contributed by atoms with Crippen molar-refractivity contribution in [3.8, 4) is 0 Å². The maximum Gasteiger partial charge on any atom is 0.306 e. The fourth-order valence-corrected chi connectivity index (χ4v) is 7.37. The highest BCUT2D eigenvalue weighted by Gasteiger charge is 2.19. The molecule has 0 spiro atoms. The van der Waals surface area contributed by atoms with Crippen molar-refractivity contribution in [2.24, 2.45) is 0 Å². The van der Waals surface area contributed by atoms with E-state index < -0.39 is 6.10 Å². The Hall–Kier alpha value is -3.67. The molecule has 0 aromatic heterocycles. The lowest BCUT2D eigenvalue weighted by Gasteiger charge is -2.18. The van der Waals surface area contributed by atoms with E-state index in [9.17, 15) is 14.4 Å². The summed E-state index contributed by atoms with van der Waals surface area (Å²) in [5, 5.41) is 0. The molecule has 0 fully saturated rings. The average Bonchev–Trinajstić information content (AvgIpc) is 3.33. The molecule has 0 radical (unpaired) electrons. The quantitative estimate of drug-likeness (QED) is 0.0262. The number of carbonyl (C=O) groups excluding carboxylic acids is 3. The third-order valence-electron chi connectivity index (χ3n) is 11.5. The Morgan fingerprint density at radius 2 is 0.582 bits per heavy atom. The highest BCUT2D eigenvalue weighted by molar-refractivity contribution is 5.71. The predicted octanol–water partition coefficient (Wildman–Crippen LogP) is 18.5. The number of hydrogen-bond acceptors (Lipinski definition) is 6. The first kappa shape index (κ1) is 63.3. The van der Waals surface area contributed by atoms with Crippen molar-refractivity contribution in [1.82, 2.24) is 0 Å². The van der Waals surface area contributed by atoms with Crippen LogP contribution in [0.5, 0.6) is 0 Å². The minimum atomic E-state index is -0.800. The molecule has 0 aromatic carbocycles. The molecule has 1 unspecified atom stereocenters. The van der Waals surface area contributed by atoms with Crippen molar-refractivity contribution >= 4 is 17.9 Å². The lowest BCUT2D eigenvalue weighted by molar-refractivity contribution is -0.167. The average molecular weight is 931 g/mol. The van der Waals surface area contributed by atoms with Gasteiger partial charge in [0.2, 0.25) is 0 Å². The molecule has 0 saturated carbocycles. The summed E-state index contributed by atoms with van der Waals surface area (Å²) in [6.45, 7) is 6.44. The first-order valence-electron chi connectivity index (χ1n) is 27.7. The van der Waals surface area contributed by atoms with Crippen LogP contribution < -0.4 is 0 Å². The zero-order valence-corrected chi connectivity index (χ0v) is 43.6. The van der Waals surface area contributed by atoms with Gasteiger partial charge in [-0.15, -0.1) is 0 Å². The van der Waals surface area contributed by atoms with Crippen LogP contribution in [0.1, 0.15) is 252 Å². The Kier molecular flexibility index (Phi) is 51.9. The van der Waals surface area contributed by atoms with E-state index in [1.807, 2.05) is 0 Å². The van der Waals surface area contributed by atoms with Gasteiger partial charge < -0.3 is 14.2 Å². The molecule has 0 bridgehead atoms. The van der Waals surface area contributed by atoms with Gasteiger partial charge in [0.05, 0.1) is 0 Å². The molecule has 0 saturated heterocycles. The van der Waals surface area contributed by atoms with E-state index in [4.69, 9.17) is 14.2 Å². The van der Waals surface area contributed by atoms with Gasteiger partial charge in [-0.1, -0.05) is 208 Å². The molecule has 0 rings (SSSR count).